The minimum Gasteiger partial charge on any atom is -0.384 e. The van der Waals surface area contributed by atoms with Crippen LogP contribution < -0.4 is 0 Å². The molecule has 0 amide bonds. The molecule has 0 aromatic heterocycles. The van der Waals surface area contributed by atoms with E-state index in [0.29, 0.717) is 74.9 Å². The summed E-state index contributed by atoms with van der Waals surface area (Å²) in [6.07, 6.45) is 4.81. The van der Waals surface area contributed by atoms with E-state index in [-0.39, 0.29) is 39.6 Å². The number of alkyl halides is 4. The van der Waals surface area contributed by atoms with Gasteiger partial charge in [0.2, 0.25) is 0 Å². The van der Waals surface area contributed by atoms with Gasteiger partial charge in [0.1, 0.15) is 13.2 Å². The summed E-state index contributed by atoms with van der Waals surface area (Å²) in [6.45, 7) is -0.0911. The van der Waals surface area contributed by atoms with Crippen molar-refractivity contribution in [1.82, 2.24) is 0 Å². The van der Waals surface area contributed by atoms with E-state index in [1.807, 2.05) is 0 Å². The molecule has 9 nitrogen and oxygen atoms in total. The first kappa shape index (κ1) is 39.6. The van der Waals surface area contributed by atoms with Gasteiger partial charge in [-0.05, 0) is 63.2 Å². The Kier molecular flexibility index (Phi) is 31.5. The Labute approximate surface area is 241 Å². The average Bonchev–Trinajstić information content (AvgIpc) is 2.88. The number of unbranched alkanes of at least 4 members (excludes halogenated alkanes) is 4. The molecule has 0 aromatic carbocycles. The van der Waals surface area contributed by atoms with Crippen molar-refractivity contribution in [3.8, 4) is 23.7 Å². The predicted molar refractivity (Wildman–Crippen MR) is 150 cm³/mol. The highest BCUT2D eigenvalue weighted by molar-refractivity contribution is 7.62. The van der Waals surface area contributed by atoms with Crippen LogP contribution >= 0.6 is 62.0 Å². The highest BCUT2D eigenvalue weighted by Crippen LogP contribution is 2.66. The van der Waals surface area contributed by atoms with Crippen LogP contribution in [0.15, 0.2) is 0 Å². The second kappa shape index (κ2) is 29.4. The van der Waals surface area contributed by atoms with Crippen LogP contribution in [-0.2, 0) is 31.5 Å². The molecule has 2 N–H and O–H groups in total. The molecule has 218 valence electrons. The standard InChI is InChI=1S/C16H32Cl4O7P2.C6H6O2/c17-9-1-5-13-23-28(21,24-14-6-2-10-18)27-29(22,25-15-7-3-11-19)26-16-8-4-12-20;7-5-3-1-2-4-6-8/h1-16H2;7-8H,5-6H2. The minimum absolute atomic E-state index is 0.0675. The summed E-state index contributed by atoms with van der Waals surface area (Å²) >= 11 is 22.6. The van der Waals surface area contributed by atoms with Gasteiger partial charge in [-0.3, -0.25) is 18.1 Å². The number of phosphoric acid groups is 2. The molecule has 0 fully saturated rings. The maximum atomic E-state index is 13.0. The fourth-order valence-corrected chi connectivity index (χ4v) is 6.00. The topological polar surface area (TPSA) is 121 Å². The van der Waals surface area contributed by atoms with Gasteiger partial charge in [0, 0.05) is 23.5 Å². The van der Waals surface area contributed by atoms with Crippen molar-refractivity contribution < 1.29 is 41.7 Å². The molecule has 15 heteroatoms. The maximum absolute atomic E-state index is 13.0. The van der Waals surface area contributed by atoms with Gasteiger partial charge < -0.3 is 10.2 Å². The average molecular weight is 650 g/mol. The van der Waals surface area contributed by atoms with Crippen molar-refractivity contribution in [3.63, 3.8) is 0 Å². The molecule has 0 radical (unpaired) electrons. The lowest BCUT2D eigenvalue weighted by Crippen LogP contribution is -2.07. The first-order valence-corrected chi connectivity index (χ1v) is 16.8. The molecule has 0 saturated heterocycles. The Bertz CT molecular complexity index is 647. The summed E-state index contributed by atoms with van der Waals surface area (Å²) in [4.78, 5) is 0. The van der Waals surface area contributed by atoms with Crippen molar-refractivity contribution in [1.29, 1.82) is 0 Å². The van der Waals surface area contributed by atoms with Crippen molar-refractivity contribution in [2.24, 2.45) is 0 Å². The highest BCUT2D eigenvalue weighted by Gasteiger charge is 2.40. The van der Waals surface area contributed by atoms with Crippen molar-refractivity contribution in [3.05, 3.63) is 0 Å². The molecule has 0 aliphatic carbocycles. The zero-order valence-corrected chi connectivity index (χ0v) is 25.7. The van der Waals surface area contributed by atoms with Gasteiger partial charge in [-0.1, -0.05) is 11.8 Å². The van der Waals surface area contributed by atoms with Gasteiger partial charge in [0.15, 0.2) is 0 Å². The molecule has 0 atom stereocenters. The molecule has 0 unspecified atom stereocenters. The molecule has 0 spiro atoms. The lowest BCUT2D eigenvalue weighted by Gasteiger charge is -2.23. The summed E-state index contributed by atoms with van der Waals surface area (Å²) in [5.41, 5.74) is 0. The summed E-state index contributed by atoms with van der Waals surface area (Å²) < 4.78 is 52.5. The fraction of sp³-hybridized carbons (Fsp3) is 0.818. The SMILES string of the molecule is O=P(OCCCCCl)(OCCCCCl)OP(=O)(OCCCCCl)OCCCCCl.OCC#CC#CCO. The summed E-state index contributed by atoms with van der Waals surface area (Å²) in [5.74, 6) is 11.0. The van der Waals surface area contributed by atoms with E-state index in [1.165, 1.54) is 0 Å². The van der Waals surface area contributed by atoms with Crippen molar-refractivity contribution in [2.75, 3.05) is 63.2 Å². The Morgan fingerprint density at radius 1 is 0.514 bits per heavy atom. The van der Waals surface area contributed by atoms with Crippen LogP contribution in [0, 0.1) is 23.7 Å². The second-order valence-electron chi connectivity index (χ2n) is 6.81. The Balaban J connectivity index is 0. The lowest BCUT2D eigenvalue weighted by atomic mass is 10.4. The van der Waals surface area contributed by atoms with Crippen molar-refractivity contribution in [2.45, 2.75) is 51.4 Å². The molecule has 0 rings (SSSR count). The fourth-order valence-electron chi connectivity index (χ4n) is 1.95. The number of hydrogen-bond donors (Lipinski definition) is 2. The smallest absolute Gasteiger partial charge is 0.384 e. The Morgan fingerprint density at radius 3 is 1.00 bits per heavy atom. The first-order valence-electron chi connectivity index (χ1n) is 11.8. The molecule has 0 bridgehead atoms. The van der Waals surface area contributed by atoms with Crippen LogP contribution in [0.4, 0.5) is 0 Å². The van der Waals surface area contributed by atoms with Crippen LogP contribution in [0.5, 0.6) is 0 Å². The van der Waals surface area contributed by atoms with E-state index in [1.54, 1.807) is 0 Å². The van der Waals surface area contributed by atoms with Crippen LogP contribution in [-0.4, -0.2) is 73.4 Å². The number of aliphatic hydroxyl groups is 2. The lowest BCUT2D eigenvalue weighted by molar-refractivity contribution is 0.106. The molecule has 0 aliphatic rings. The third-order valence-electron chi connectivity index (χ3n) is 3.71. The van der Waals surface area contributed by atoms with Gasteiger partial charge in [-0.2, -0.15) is 4.31 Å². The van der Waals surface area contributed by atoms with Crippen LogP contribution in [0.2, 0.25) is 0 Å². The highest BCUT2D eigenvalue weighted by atomic mass is 35.5. The third kappa shape index (κ3) is 27.8. The molecule has 0 aromatic rings. The second-order valence-corrected chi connectivity index (χ2v) is 11.8. The molecule has 37 heavy (non-hydrogen) atoms. The van der Waals surface area contributed by atoms with Crippen LogP contribution in [0.1, 0.15) is 51.4 Å². The van der Waals surface area contributed by atoms with Gasteiger partial charge in [-0.15, -0.1) is 46.4 Å². The molecular weight excluding hydrogens is 612 g/mol. The minimum atomic E-state index is -4.18. The number of phosphoric ester groups is 2. The van der Waals surface area contributed by atoms with Crippen LogP contribution in [0.3, 0.4) is 0 Å². The van der Waals surface area contributed by atoms with Gasteiger partial charge in [0.05, 0.1) is 26.4 Å². The normalized spacial score (nSPS) is 11.1. The number of hydrogen-bond acceptors (Lipinski definition) is 9. The number of rotatable bonds is 22. The van der Waals surface area contributed by atoms with E-state index in [0.717, 1.165) is 0 Å². The van der Waals surface area contributed by atoms with Gasteiger partial charge >= 0.3 is 15.6 Å². The van der Waals surface area contributed by atoms with E-state index >= 15 is 0 Å². The Morgan fingerprint density at radius 2 is 0.784 bits per heavy atom. The van der Waals surface area contributed by atoms with E-state index < -0.39 is 15.6 Å². The van der Waals surface area contributed by atoms with Gasteiger partial charge in [-0.25, -0.2) is 9.13 Å². The summed E-state index contributed by atoms with van der Waals surface area (Å²) in [5, 5.41) is 16.1. The predicted octanol–water partition coefficient (Wildman–Crippen LogP) is 6.34. The third-order valence-corrected chi connectivity index (χ3v) is 8.37. The van der Waals surface area contributed by atoms with E-state index in [4.69, 9.17) is 79.0 Å². The molecular formula is C22H38Cl4O9P2. The maximum Gasteiger partial charge on any atom is 0.483 e. The number of aliphatic hydroxyl groups excluding tert-OH is 2. The largest absolute Gasteiger partial charge is 0.483 e. The molecule has 0 heterocycles. The van der Waals surface area contributed by atoms with E-state index in [9.17, 15) is 9.13 Å². The monoisotopic (exact) mass is 648 g/mol. The van der Waals surface area contributed by atoms with E-state index in [2.05, 4.69) is 23.7 Å². The van der Waals surface area contributed by atoms with Gasteiger partial charge in [0.25, 0.3) is 0 Å². The first-order chi connectivity index (χ1) is 17.9. The number of halogens is 4. The molecule has 0 aliphatic heterocycles. The zero-order valence-electron chi connectivity index (χ0n) is 20.9. The summed E-state index contributed by atoms with van der Waals surface area (Å²) in [6, 6.07) is 0. The summed E-state index contributed by atoms with van der Waals surface area (Å²) in [7, 11) is -8.37. The molecule has 0 saturated carbocycles. The van der Waals surface area contributed by atoms with Crippen molar-refractivity contribution >= 4 is 62.0 Å². The van der Waals surface area contributed by atoms with Crippen LogP contribution in [0.25, 0.3) is 0 Å². The zero-order chi connectivity index (χ0) is 28.1. The Hall–Kier alpha value is 0.460. The quantitative estimate of drug-likeness (QED) is 0.0599.